The van der Waals surface area contributed by atoms with Crippen LogP contribution in [-0.4, -0.2) is 14.6 Å². The fourth-order valence-corrected chi connectivity index (χ4v) is 3.04. The average molecular weight is 291 g/mol. The third kappa shape index (κ3) is 2.45. The van der Waals surface area contributed by atoms with Crippen molar-refractivity contribution in [1.29, 1.82) is 0 Å². The van der Waals surface area contributed by atoms with Crippen LogP contribution in [0.15, 0.2) is 65.5 Å². The number of rotatable bonds is 3. The van der Waals surface area contributed by atoms with Crippen LogP contribution in [0.5, 0.6) is 0 Å². The summed E-state index contributed by atoms with van der Waals surface area (Å²) in [5.41, 5.74) is 5.32. The molecule has 4 rings (SSSR count). The molecule has 0 atom stereocenters. The Hall–Kier alpha value is -2.46. The van der Waals surface area contributed by atoms with Crippen molar-refractivity contribution >= 4 is 17.0 Å². The van der Waals surface area contributed by atoms with Crippen molar-refractivity contribution in [2.75, 3.05) is 0 Å². The molecular weight excluding hydrogens is 278 g/mol. The van der Waals surface area contributed by atoms with E-state index in [2.05, 4.69) is 51.2 Å². The number of imidazole rings is 1. The lowest BCUT2D eigenvalue weighted by atomic mass is 10.1. The number of hydrogen-bond acceptors (Lipinski definition) is 3. The van der Waals surface area contributed by atoms with E-state index in [-0.39, 0.29) is 0 Å². The minimum absolute atomic E-state index is 0.831. The van der Waals surface area contributed by atoms with E-state index >= 15 is 0 Å². The number of benzene rings is 1. The Morgan fingerprint density at radius 2 is 1.90 bits per heavy atom. The van der Waals surface area contributed by atoms with Gasteiger partial charge >= 0.3 is 0 Å². The average Bonchev–Trinajstić information content (AvgIpc) is 3.16. The van der Waals surface area contributed by atoms with Crippen LogP contribution in [-0.2, 0) is 6.42 Å². The highest BCUT2D eigenvalue weighted by molar-refractivity contribution is 7.08. The molecule has 1 aromatic carbocycles. The first-order valence-corrected chi connectivity index (χ1v) is 7.74. The van der Waals surface area contributed by atoms with Crippen molar-refractivity contribution in [2.24, 2.45) is 0 Å². The van der Waals surface area contributed by atoms with Crippen LogP contribution >= 0.6 is 11.3 Å². The highest BCUT2D eigenvalue weighted by Gasteiger charge is 2.06. The second-order valence-electron chi connectivity index (χ2n) is 4.93. The van der Waals surface area contributed by atoms with Crippen molar-refractivity contribution in [2.45, 2.75) is 6.42 Å². The van der Waals surface area contributed by atoms with Gasteiger partial charge in [0.25, 0.3) is 0 Å². The van der Waals surface area contributed by atoms with Crippen LogP contribution in [0.2, 0.25) is 0 Å². The number of aromatic nitrogens is 3. The van der Waals surface area contributed by atoms with Crippen molar-refractivity contribution in [3.63, 3.8) is 0 Å². The molecule has 3 heterocycles. The molecule has 0 aliphatic rings. The smallest absolute Gasteiger partial charge is 0.153 e. The maximum absolute atomic E-state index is 4.64. The normalized spacial score (nSPS) is 11.0. The maximum Gasteiger partial charge on any atom is 0.153 e. The van der Waals surface area contributed by atoms with E-state index in [1.807, 2.05) is 28.9 Å². The van der Waals surface area contributed by atoms with Gasteiger partial charge in [-0.3, -0.25) is 0 Å². The lowest BCUT2D eigenvalue weighted by Gasteiger charge is -1.97. The molecule has 3 nitrogen and oxygen atoms in total. The van der Waals surface area contributed by atoms with Crippen LogP contribution < -0.4 is 0 Å². The minimum atomic E-state index is 0.831. The fourth-order valence-electron chi connectivity index (χ4n) is 2.39. The van der Waals surface area contributed by atoms with E-state index in [1.54, 1.807) is 11.3 Å². The summed E-state index contributed by atoms with van der Waals surface area (Å²) in [6.07, 6.45) is 2.84. The number of thiophene rings is 1. The number of hydrogen-bond donors (Lipinski definition) is 0. The summed E-state index contributed by atoms with van der Waals surface area (Å²) in [6.45, 7) is 0. The highest BCUT2D eigenvalue weighted by Crippen LogP contribution is 2.20. The molecule has 0 fully saturated rings. The van der Waals surface area contributed by atoms with Crippen LogP contribution in [0, 0.1) is 0 Å². The van der Waals surface area contributed by atoms with Crippen LogP contribution in [0.4, 0.5) is 0 Å². The van der Waals surface area contributed by atoms with Gasteiger partial charge in [0.05, 0.1) is 17.6 Å². The van der Waals surface area contributed by atoms with E-state index in [1.165, 1.54) is 5.56 Å². The molecule has 0 unspecified atom stereocenters. The van der Waals surface area contributed by atoms with Crippen LogP contribution in [0.3, 0.4) is 0 Å². The molecule has 0 saturated carbocycles. The van der Waals surface area contributed by atoms with Crippen LogP contribution in [0.1, 0.15) is 11.3 Å². The molecule has 4 heteroatoms. The Kier molecular flexibility index (Phi) is 3.01. The first kappa shape index (κ1) is 12.3. The van der Waals surface area contributed by atoms with Crippen molar-refractivity contribution in [3.8, 4) is 11.3 Å². The van der Waals surface area contributed by atoms with E-state index in [0.717, 1.165) is 29.0 Å². The second-order valence-corrected chi connectivity index (χ2v) is 5.71. The lowest BCUT2D eigenvalue weighted by molar-refractivity contribution is 0.939. The van der Waals surface area contributed by atoms with Gasteiger partial charge in [0.15, 0.2) is 5.65 Å². The molecular formula is C17H13N3S. The fraction of sp³-hybridized carbons (Fsp3) is 0.0588. The zero-order valence-electron chi connectivity index (χ0n) is 11.3. The number of nitrogens with zero attached hydrogens (tertiary/aromatic N) is 3. The molecule has 102 valence electrons. The van der Waals surface area contributed by atoms with E-state index in [4.69, 9.17) is 0 Å². The van der Waals surface area contributed by atoms with Gasteiger partial charge in [0.2, 0.25) is 0 Å². The molecule has 0 spiro atoms. The molecule has 3 aromatic heterocycles. The highest BCUT2D eigenvalue weighted by atomic mass is 32.1. The zero-order valence-corrected chi connectivity index (χ0v) is 12.1. The maximum atomic E-state index is 4.64. The third-order valence-electron chi connectivity index (χ3n) is 3.41. The second kappa shape index (κ2) is 5.14. The van der Waals surface area contributed by atoms with Gasteiger partial charge in [-0.25, -0.2) is 9.50 Å². The van der Waals surface area contributed by atoms with E-state index in [9.17, 15) is 0 Å². The first-order chi connectivity index (χ1) is 10.4. The largest absolute Gasteiger partial charge is 0.232 e. The molecule has 0 amide bonds. The predicted molar refractivity (Wildman–Crippen MR) is 85.5 cm³/mol. The summed E-state index contributed by atoms with van der Waals surface area (Å²) >= 11 is 1.68. The SMILES string of the molecule is c1ccc(Cc2cn3nc(-c4ccsc4)ccc3n2)cc1. The Labute approximate surface area is 126 Å². The van der Waals surface area contributed by atoms with Crippen LogP contribution in [0.25, 0.3) is 16.9 Å². The number of fused-ring (bicyclic) bond motifs is 1. The van der Waals surface area contributed by atoms with Gasteiger partial charge in [-0.05, 0) is 29.1 Å². The molecule has 4 aromatic rings. The third-order valence-corrected chi connectivity index (χ3v) is 4.10. The zero-order chi connectivity index (χ0) is 14.1. The summed E-state index contributed by atoms with van der Waals surface area (Å²) < 4.78 is 1.87. The van der Waals surface area contributed by atoms with Gasteiger partial charge in [-0.15, -0.1) is 0 Å². The molecule has 0 saturated heterocycles. The van der Waals surface area contributed by atoms with Crippen molar-refractivity contribution in [1.82, 2.24) is 14.6 Å². The minimum Gasteiger partial charge on any atom is -0.232 e. The molecule has 0 N–H and O–H groups in total. The molecule has 0 aliphatic carbocycles. The van der Waals surface area contributed by atoms with Gasteiger partial charge in [0.1, 0.15) is 0 Å². The van der Waals surface area contributed by atoms with Gasteiger partial charge in [-0.2, -0.15) is 16.4 Å². The summed E-state index contributed by atoms with van der Waals surface area (Å²) in [4.78, 5) is 4.63. The summed E-state index contributed by atoms with van der Waals surface area (Å²) in [5, 5.41) is 8.81. The quantitative estimate of drug-likeness (QED) is 0.570. The Bertz CT molecular complexity index is 864. The Balaban J connectivity index is 1.70. The lowest BCUT2D eigenvalue weighted by Crippen LogP contribution is -1.91. The summed E-state index contributed by atoms with van der Waals surface area (Å²) in [5.74, 6) is 0. The van der Waals surface area contributed by atoms with Crippen molar-refractivity contribution < 1.29 is 0 Å². The van der Waals surface area contributed by atoms with Gasteiger partial charge < -0.3 is 0 Å². The van der Waals surface area contributed by atoms with E-state index < -0.39 is 0 Å². The van der Waals surface area contributed by atoms with E-state index in [0.29, 0.717) is 0 Å². The first-order valence-electron chi connectivity index (χ1n) is 6.80. The predicted octanol–water partition coefficient (Wildman–Crippen LogP) is 4.05. The molecule has 0 radical (unpaired) electrons. The molecule has 0 aliphatic heterocycles. The Morgan fingerprint density at radius 1 is 1.00 bits per heavy atom. The molecule has 21 heavy (non-hydrogen) atoms. The monoisotopic (exact) mass is 291 g/mol. The Morgan fingerprint density at radius 3 is 2.71 bits per heavy atom. The topological polar surface area (TPSA) is 30.2 Å². The molecule has 0 bridgehead atoms. The van der Waals surface area contributed by atoms with Gasteiger partial charge in [0, 0.05) is 17.4 Å². The van der Waals surface area contributed by atoms with Gasteiger partial charge in [-0.1, -0.05) is 30.3 Å². The van der Waals surface area contributed by atoms with Crippen molar-refractivity contribution in [3.05, 3.63) is 76.7 Å². The summed E-state index contributed by atoms with van der Waals surface area (Å²) in [6, 6.07) is 16.5. The standard InChI is InChI=1S/C17H13N3S/c1-2-4-13(5-3-1)10-15-11-20-17(18-15)7-6-16(19-20)14-8-9-21-12-14/h1-9,11-12H,10H2. The summed E-state index contributed by atoms with van der Waals surface area (Å²) in [7, 11) is 0.